The van der Waals surface area contributed by atoms with Gasteiger partial charge in [-0.25, -0.2) is 0 Å². The molecule has 2 fully saturated rings. The fourth-order valence-electron chi connectivity index (χ4n) is 3.80. The van der Waals surface area contributed by atoms with Crippen molar-refractivity contribution in [2.45, 2.75) is 45.6 Å². The van der Waals surface area contributed by atoms with Crippen molar-refractivity contribution in [2.75, 3.05) is 39.9 Å². The monoisotopic (exact) mass is 268 g/mol. The lowest BCUT2D eigenvalue weighted by molar-refractivity contribution is 0.113. The zero-order valence-corrected chi connectivity index (χ0v) is 13.0. The molecule has 1 aliphatic heterocycles. The number of rotatable bonds is 4. The maximum Gasteiger partial charge on any atom is 0.0593 e. The molecular weight excluding hydrogens is 236 g/mol. The molecule has 0 aromatic rings. The fraction of sp³-hybridized carbons (Fsp3) is 1.00. The molecule has 1 aliphatic carbocycles. The van der Waals surface area contributed by atoms with Crippen molar-refractivity contribution in [3.05, 3.63) is 0 Å². The van der Waals surface area contributed by atoms with Gasteiger partial charge in [-0.3, -0.25) is 0 Å². The van der Waals surface area contributed by atoms with Gasteiger partial charge in [0, 0.05) is 32.3 Å². The van der Waals surface area contributed by atoms with Crippen LogP contribution in [0.25, 0.3) is 0 Å². The number of nitrogens with one attached hydrogen (secondary N) is 1. The number of nitrogens with zero attached hydrogens (tertiary/aromatic N) is 1. The molecular formula is C16H32N2O. The molecule has 1 saturated carbocycles. The van der Waals surface area contributed by atoms with E-state index in [1.807, 2.05) is 0 Å². The minimum Gasteiger partial charge on any atom is -0.380 e. The average molecular weight is 268 g/mol. The topological polar surface area (TPSA) is 24.5 Å². The first-order valence-electron chi connectivity index (χ1n) is 8.18. The summed E-state index contributed by atoms with van der Waals surface area (Å²) in [5.41, 5.74) is 0. The quantitative estimate of drug-likeness (QED) is 0.847. The van der Waals surface area contributed by atoms with Crippen LogP contribution in [0, 0.1) is 17.8 Å². The summed E-state index contributed by atoms with van der Waals surface area (Å²) in [6, 6.07) is 0.721. The lowest BCUT2D eigenvalue weighted by Crippen LogP contribution is -2.45. The second kappa shape index (κ2) is 7.61. The Morgan fingerprint density at radius 2 is 2.05 bits per heavy atom. The molecule has 2 rings (SSSR count). The van der Waals surface area contributed by atoms with E-state index in [1.54, 1.807) is 0 Å². The highest BCUT2D eigenvalue weighted by Gasteiger charge is 2.32. The third kappa shape index (κ3) is 4.44. The Kier molecular flexibility index (Phi) is 6.11. The first-order valence-corrected chi connectivity index (χ1v) is 8.18. The smallest absolute Gasteiger partial charge is 0.0593 e. The van der Waals surface area contributed by atoms with Crippen LogP contribution in [0.2, 0.25) is 0 Å². The van der Waals surface area contributed by atoms with E-state index in [4.69, 9.17) is 4.74 Å². The summed E-state index contributed by atoms with van der Waals surface area (Å²) in [6.07, 6.45) is 5.36. The Balaban J connectivity index is 1.89. The van der Waals surface area contributed by atoms with E-state index in [-0.39, 0.29) is 0 Å². The molecule has 1 heterocycles. The summed E-state index contributed by atoms with van der Waals surface area (Å²) < 4.78 is 5.57. The van der Waals surface area contributed by atoms with Crippen LogP contribution in [-0.4, -0.2) is 50.8 Å². The van der Waals surface area contributed by atoms with Crippen molar-refractivity contribution >= 4 is 0 Å². The first-order chi connectivity index (χ1) is 9.20. The molecule has 0 radical (unpaired) electrons. The molecule has 3 atom stereocenters. The normalized spacial score (nSPS) is 34.4. The van der Waals surface area contributed by atoms with Gasteiger partial charge in [0.1, 0.15) is 0 Å². The van der Waals surface area contributed by atoms with Gasteiger partial charge < -0.3 is 15.0 Å². The number of ether oxygens (including phenoxy) is 1. The van der Waals surface area contributed by atoms with Crippen LogP contribution in [0.3, 0.4) is 0 Å². The Morgan fingerprint density at radius 3 is 2.79 bits per heavy atom. The average Bonchev–Trinajstić information content (AvgIpc) is 2.67. The van der Waals surface area contributed by atoms with E-state index >= 15 is 0 Å². The molecule has 2 aliphatic rings. The third-order valence-electron chi connectivity index (χ3n) is 5.14. The van der Waals surface area contributed by atoms with Crippen LogP contribution in [0.15, 0.2) is 0 Å². The van der Waals surface area contributed by atoms with Crippen LogP contribution in [0.4, 0.5) is 0 Å². The van der Waals surface area contributed by atoms with Crippen molar-refractivity contribution in [2.24, 2.45) is 17.8 Å². The predicted molar refractivity (Wildman–Crippen MR) is 80.4 cm³/mol. The van der Waals surface area contributed by atoms with Gasteiger partial charge in [0.05, 0.1) is 6.61 Å². The standard InChI is InChI=1S/C16H32N2O/c1-13(2)14-5-6-16(17-3)15(11-14)12-18-7-4-9-19-10-8-18/h13-17H,4-12H2,1-3H3. The van der Waals surface area contributed by atoms with Crippen LogP contribution in [0.5, 0.6) is 0 Å². The molecule has 3 heteroatoms. The third-order valence-corrected chi connectivity index (χ3v) is 5.14. The van der Waals surface area contributed by atoms with Gasteiger partial charge in [-0.15, -0.1) is 0 Å². The van der Waals surface area contributed by atoms with Crippen LogP contribution in [-0.2, 0) is 4.74 Å². The summed E-state index contributed by atoms with van der Waals surface area (Å²) in [6.45, 7) is 10.3. The summed E-state index contributed by atoms with van der Waals surface area (Å²) in [5, 5.41) is 3.56. The van der Waals surface area contributed by atoms with E-state index in [2.05, 4.69) is 31.1 Å². The first kappa shape index (κ1) is 15.3. The largest absolute Gasteiger partial charge is 0.380 e. The van der Waals surface area contributed by atoms with Gasteiger partial charge in [-0.1, -0.05) is 13.8 Å². The molecule has 1 saturated heterocycles. The minimum absolute atomic E-state index is 0.721. The van der Waals surface area contributed by atoms with E-state index in [0.29, 0.717) is 0 Å². The van der Waals surface area contributed by atoms with Gasteiger partial charge in [0.15, 0.2) is 0 Å². The van der Waals surface area contributed by atoms with Crippen LogP contribution < -0.4 is 5.32 Å². The van der Waals surface area contributed by atoms with Crippen molar-refractivity contribution in [1.82, 2.24) is 10.2 Å². The Hall–Kier alpha value is -0.120. The van der Waals surface area contributed by atoms with Crippen molar-refractivity contribution in [1.29, 1.82) is 0 Å². The van der Waals surface area contributed by atoms with Gasteiger partial charge in [-0.2, -0.15) is 0 Å². The van der Waals surface area contributed by atoms with Gasteiger partial charge in [-0.05, 0) is 50.5 Å². The SMILES string of the molecule is CNC1CCC(C(C)C)CC1CN1CCCOCC1. The predicted octanol–water partition coefficient (Wildman–Crippen LogP) is 2.37. The molecule has 0 aromatic heterocycles. The Bertz CT molecular complexity index is 249. The maximum absolute atomic E-state index is 5.57. The molecule has 19 heavy (non-hydrogen) atoms. The van der Waals surface area contributed by atoms with Crippen molar-refractivity contribution in [3.63, 3.8) is 0 Å². The van der Waals surface area contributed by atoms with Crippen LogP contribution >= 0.6 is 0 Å². The molecule has 0 aromatic carbocycles. The molecule has 1 N–H and O–H groups in total. The van der Waals surface area contributed by atoms with Gasteiger partial charge in [0.25, 0.3) is 0 Å². The van der Waals surface area contributed by atoms with Crippen molar-refractivity contribution < 1.29 is 4.74 Å². The van der Waals surface area contributed by atoms with E-state index in [0.717, 1.165) is 43.6 Å². The van der Waals surface area contributed by atoms with E-state index in [9.17, 15) is 0 Å². The second-order valence-corrected chi connectivity index (χ2v) is 6.74. The van der Waals surface area contributed by atoms with Crippen molar-refractivity contribution in [3.8, 4) is 0 Å². The summed E-state index contributed by atoms with van der Waals surface area (Å²) in [4.78, 5) is 2.63. The molecule has 0 amide bonds. The van der Waals surface area contributed by atoms with Crippen LogP contribution in [0.1, 0.15) is 39.5 Å². The summed E-state index contributed by atoms with van der Waals surface area (Å²) >= 11 is 0. The summed E-state index contributed by atoms with van der Waals surface area (Å²) in [5.74, 6) is 2.59. The Morgan fingerprint density at radius 1 is 1.21 bits per heavy atom. The van der Waals surface area contributed by atoms with Gasteiger partial charge in [0.2, 0.25) is 0 Å². The van der Waals surface area contributed by atoms with Gasteiger partial charge >= 0.3 is 0 Å². The molecule has 112 valence electrons. The lowest BCUT2D eigenvalue weighted by atomic mass is 9.73. The molecule has 3 nitrogen and oxygen atoms in total. The van der Waals surface area contributed by atoms with E-state index in [1.165, 1.54) is 38.8 Å². The lowest BCUT2D eigenvalue weighted by Gasteiger charge is -2.40. The zero-order chi connectivity index (χ0) is 13.7. The highest BCUT2D eigenvalue weighted by Crippen LogP contribution is 2.34. The highest BCUT2D eigenvalue weighted by atomic mass is 16.5. The minimum atomic E-state index is 0.721. The maximum atomic E-state index is 5.57. The second-order valence-electron chi connectivity index (χ2n) is 6.74. The van der Waals surface area contributed by atoms with E-state index < -0.39 is 0 Å². The zero-order valence-electron chi connectivity index (χ0n) is 13.0. The molecule has 3 unspecified atom stereocenters. The Labute approximate surface area is 119 Å². The summed E-state index contributed by atoms with van der Waals surface area (Å²) in [7, 11) is 2.14. The molecule has 0 bridgehead atoms. The number of hydrogen-bond acceptors (Lipinski definition) is 3. The fourth-order valence-corrected chi connectivity index (χ4v) is 3.80. The number of hydrogen-bond donors (Lipinski definition) is 1. The molecule has 0 spiro atoms. The highest BCUT2D eigenvalue weighted by molar-refractivity contribution is 4.87.